The van der Waals surface area contributed by atoms with Gasteiger partial charge in [-0.15, -0.1) is 0 Å². The van der Waals surface area contributed by atoms with Gasteiger partial charge in [0.25, 0.3) is 0 Å². The summed E-state index contributed by atoms with van der Waals surface area (Å²) in [5.74, 6) is 0. The number of rotatable bonds is 6. The van der Waals surface area contributed by atoms with Gasteiger partial charge in [-0.2, -0.15) is 0 Å². The largest absolute Gasteiger partial charge is 0.308 e. The lowest BCUT2D eigenvalue weighted by Gasteiger charge is -2.23. The van der Waals surface area contributed by atoms with E-state index in [4.69, 9.17) is 0 Å². The average molecular weight is 1420 g/mol. The van der Waals surface area contributed by atoms with E-state index in [2.05, 4.69) is 351 Å². The molecule has 0 aliphatic rings. The summed E-state index contributed by atoms with van der Waals surface area (Å²) in [5, 5.41) is 30.7. The molecule has 26 aromatic rings. The third-order valence-electron chi connectivity index (χ3n) is 26.8. The summed E-state index contributed by atoms with van der Waals surface area (Å²) in [6, 6.07) is 111. The van der Waals surface area contributed by atoms with Crippen LogP contribution in [-0.4, -0.2) is 17.6 Å². The third kappa shape index (κ3) is 7.62. The topological polar surface area (TPSA) is 17.6 Å². The average Bonchev–Trinajstić information content (AvgIpc) is 1.46. The van der Waals surface area contributed by atoms with Crippen LogP contribution in [0, 0.1) is 48.5 Å². The highest BCUT2D eigenvalue weighted by Gasteiger charge is 2.31. The van der Waals surface area contributed by atoms with Crippen LogP contribution >= 0.6 is 0 Å². The first-order valence-electron chi connectivity index (χ1n) is 39.7. The number of nitrogens with zero attached hydrogens (tertiary/aromatic N) is 4. The van der Waals surface area contributed by atoms with Gasteiger partial charge in [0, 0.05) is 86.2 Å². The second-order valence-corrected chi connectivity index (χ2v) is 32.9. The van der Waals surface area contributed by atoms with Crippen molar-refractivity contribution in [2.45, 2.75) is 54.9 Å². The van der Waals surface area contributed by atoms with Crippen LogP contribution in [-0.2, 0) is 6.42 Å². The molecule has 18 aromatic carbocycles. The van der Waals surface area contributed by atoms with Gasteiger partial charge >= 0.3 is 0 Å². The zero-order valence-electron chi connectivity index (χ0n) is 63.1. The normalized spacial score (nSPS) is 12.8. The van der Waals surface area contributed by atoms with E-state index in [1.165, 1.54) is 290 Å². The van der Waals surface area contributed by atoms with Gasteiger partial charge in [-0.3, -0.25) is 0 Å². The Morgan fingerprint density at radius 2 is 0.446 bits per heavy atom. The summed E-state index contributed by atoms with van der Waals surface area (Å²) in [6.07, 6.45) is 0.780. The fourth-order valence-corrected chi connectivity index (χ4v) is 22.6. The summed E-state index contributed by atoms with van der Waals surface area (Å²) in [4.78, 5) is 0. The van der Waals surface area contributed by atoms with E-state index in [-0.39, 0.29) is 0 Å². The Labute approximate surface area is 643 Å². The molecule has 0 unspecified atom stereocenters. The second-order valence-electron chi connectivity index (χ2n) is 32.9. The van der Waals surface area contributed by atoms with Gasteiger partial charge < -0.3 is 17.6 Å². The Morgan fingerprint density at radius 1 is 0.170 bits per heavy atom. The van der Waals surface area contributed by atoms with E-state index in [1.807, 2.05) is 0 Å². The molecule has 0 saturated heterocycles. The minimum absolute atomic E-state index is 0.780. The fraction of sp³-hybridized carbons (Fsp3) is 0.0741. The van der Waals surface area contributed by atoms with Gasteiger partial charge in [0.15, 0.2) is 0 Å². The molecule has 8 heterocycles. The number of benzene rings is 18. The van der Waals surface area contributed by atoms with Crippen molar-refractivity contribution in [1.82, 2.24) is 17.6 Å². The van der Waals surface area contributed by atoms with Gasteiger partial charge in [0.2, 0.25) is 0 Å². The monoisotopic (exact) mass is 1420 g/mol. The van der Waals surface area contributed by atoms with Gasteiger partial charge in [0.05, 0.1) is 66.2 Å². The van der Waals surface area contributed by atoms with Gasteiger partial charge in [-0.1, -0.05) is 218 Å². The van der Waals surface area contributed by atoms with Crippen LogP contribution in [0.5, 0.6) is 0 Å². The van der Waals surface area contributed by atoms with Crippen molar-refractivity contribution in [2.24, 2.45) is 0 Å². The Bertz CT molecular complexity index is 8740. The first kappa shape index (κ1) is 61.1. The standard InChI is InChI=1S/C108H70N4/c1-56-42-59(4)99(60(5)43-56)103-85-50-81-77-34-20-30-73-70-27-13-17-39-94(70)112(107(73)77)98(81)55-90(85)104(86-51-82-78-35-21-31-74-69-26-12-16-38-93(69)111(108(74)78)97(82)54-89(86)103)100-61(6)45-64(46-62(100)7)47-63-40-41-66(58(3)44-63)102-84-49-80-76-33-19-29-72-67-24-10-14-36-91(67)109(106(72)76)95(80)52-87(84)101(65-23-9-8-22-57(65)2)83-48-79-75-32-18-28-71-68-25-11-15-37-92(68)110(105(71)75)96(79)53-88(83)102/h8-46,48-55H,47H2,1-7H3. The number of aryl methyl sites for hydroxylation is 7. The Morgan fingerprint density at radius 3 is 0.804 bits per heavy atom. The Hall–Kier alpha value is -13.8. The Balaban J connectivity index is 0.714. The number of fused-ring (bicyclic) bond motifs is 28. The molecule has 0 amide bonds. The molecule has 0 fully saturated rings. The lowest BCUT2D eigenvalue weighted by molar-refractivity contribution is 1.16. The molecule has 0 bridgehead atoms. The highest BCUT2D eigenvalue weighted by atomic mass is 14.9. The summed E-state index contributed by atoms with van der Waals surface area (Å²) in [7, 11) is 0. The lowest BCUT2D eigenvalue weighted by atomic mass is 9.80. The molecule has 522 valence electrons. The lowest BCUT2D eigenvalue weighted by Crippen LogP contribution is -1.99. The smallest absolute Gasteiger partial charge is 0.0620 e. The van der Waals surface area contributed by atoms with Crippen molar-refractivity contribution in [3.8, 4) is 44.5 Å². The molecule has 112 heavy (non-hydrogen) atoms. The molecule has 26 rings (SSSR count). The van der Waals surface area contributed by atoms with Gasteiger partial charge in [0.1, 0.15) is 0 Å². The SMILES string of the molecule is Cc1cc(C)c(-c2c3cc4c5cccc6c7ccccc7n(c4cc3c(-c3c(C)cc(Cc4ccc(-c7c8cc9c%10cccc%11c%12ccccc%12n(c9cc8c(-c8ccccc8C)c8cc9c%12cccc%13c%14ccccc%14n(c9cc78)c%13%12)c%11%10)c(C)c4)cc3C)c3cc4c7cccc8c9ccccc9n(c4cc23)c87)c65)c(C)c1. The quantitative estimate of drug-likeness (QED) is 0.148. The fourth-order valence-electron chi connectivity index (χ4n) is 22.6. The van der Waals surface area contributed by atoms with Crippen LogP contribution < -0.4 is 0 Å². The van der Waals surface area contributed by atoms with Crippen molar-refractivity contribution in [3.05, 3.63) is 335 Å². The zero-order valence-corrected chi connectivity index (χ0v) is 63.1. The highest BCUT2D eigenvalue weighted by Crippen LogP contribution is 2.55. The van der Waals surface area contributed by atoms with Crippen LogP contribution in [0.25, 0.3) is 240 Å². The summed E-state index contributed by atoms with van der Waals surface area (Å²) >= 11 is 0. The number of para-hydroxylation sites is 8. The van der Waals surface area contributed by atoms with Crippen LogP contribution in [0.3, 0.4) is 0 Å². The van der Waals surface area contributed by atoms with Gasteiger partial charge in [-0.05, 0) is 260 Å². The predicted molar refractivity (Wildman–Crippen MR) is 479 cm³/mol. The highest BCUT2D eigenvalue weighted by molar-refractivity contribution is 6.35. The van der Waals surface area contributed by atoms with E-state index >= 15 is 0 Å². The van der Waals surface area contributed by atoms with E-state index < -0.39 is 0 Å². The van der Waals surface area contributed by atoms with Crippen LogP contribution in [0.2, 0.25) is 0 Å². The molecule has 0 N–H and O–H groups in total. The summed E-state index contributed by atoms with van der Waals surface area (Å²) < 4.78 is 10.3. The molecule has 0 aliphatic carbocycles. The molecule has 0 spiro atoms. The molecule has 8 aromatic heterocycles. The van der Waals surface area contributed by atoms with Crippen molar-refractivity contribution >= 4 is 195 Å². The molecular formula is C108H70N4. The van der Waals surface area contributed by atoms with Crippen molar-refractivity contribution < 1.29 is 0 Å². The number of aromatic nitrogens is 4. The maximum Gasteiger partial charge on any atom is 0.0620 e. The van der Waals surface area contributed by atoms with Crippen molar-refractivity contribution in [3.63, 3.8) is 0 Å². The molecule has 0 atom stereocenters. The van der Waals surface area contributed by atoms with E-state index in [1.54, 1.807) is 0 Å². The first-order chi connectivity index (χ1) is 55.0. The molecular weight excluding hydrogens is 1350 g/mol. The van der Waals surface area contributed by atoms with E-state index in [0.717, 1.165) is 6.42 Å². The first-order valence-corrected chi connectivity index (χ1v) is 39.7. The minimum atomic E-state index is 0.780. The van der Waals surface area contributed by atoms with Gasteiger partial charge in [-0.25, -0.2) is 0 Å². The van der Waals surface area contributed by atoms with Crippen molar-refractivity contribution in [1.29, 1.82) is 0 Å². The third-order valence-corrected chi connectivity index (χ3v) is 26.8. The van der Waals surface area contributed by atoms with Crippen LogP contribution in [0.4, 0.5) is 0 Å². The maximum absolute atomic E-state index is 2.60. The number of hydrogen-bond acceptors (Lipinski definition) is 0. The molecule has 4 heteroatoms. The maximum atomic E-state index is 2.60. The van der Waals surface area contributed by atoms with E-state index in [9.17, 15) is 0 Å². The molecule has 4 nitrogen and oxygen atoms in total. The molecule has 0 aliphatic heterocycles. The predicted octanol–water partition coefficient (Wildman–Crippen LogP) is 29.3. The number of hydrogen-bond donors (Lipinski definition) is 0. The minimum Gasteiger partial charge on any atom is -0.308 e. The Kier molecular flexibility index (Phi) is 11.7. The second kappa shape index (κ2) is 21.4. The summed E-state index contributed by atoms with van der Waals surface area (Å²) in [5.41, 5.74) is 36.9. The van der Waals surface area contributed by atoms with Crippen LogP contribution in [0.1, 0.15) is 50.1 Å². The molecule has 0 saturated carbocycles. The van der Waals surface area contributed by atoms with Crippen molar-refractivity contribution in [2.75, 3.05) is 0 Å². The van der Waals surface area contributed by atoms with E-state index in [0.29, 0.717) is 0 Å². The summed E-state index contributed by atoms with van der Waals surface area (Å²) in [6.45, 7) is 16.4. The van der Waals surface area contributed by atoms with Crippen LogP contribution in [0.15, 0.2) is 285 Å². The zero-order chi connectivity index (χ0) is 73.9. The molecule has 0 radical (unpaired) electrons.